The van der Waals surface area contributed by atoms with Crippen LogP contribution in [0.5, 0.6) is 0 Å². The Morgan fingerprint density at radius 3 is 2.39 bits per heavy atom. The minimum atomic E-state index is -1.01. The molecular weight excluding hydrogens is 234 g/mol. The third kappa shape index (κ3) is 5.01. The monoisotopic (exact) mass is 257 g/mol. The van der Waals surface area contributed by atoms with Crippen molar-refractivity contribution in [1.82, 2.24) is 15.5 Å². The van der Waals surface area contributed by atoms with E-state index in [1.54, 1.807) is 0 Å². The van der Waals surface area contributed by atoms with Gasteiger partial charge in [0.05, 0.1) is 0 Å². The van der Waals surface area contributed by atoms with E-state index >= 15 is 0 Å². The summed E-state index contributed by atoms with van der Waals surface area (Å²) >= 11 is 0. The summed E-state index contributed by atoms with van der Waals surface area (Å²) in [5.74, 6) is -1.33. The van der Waals surface area contributed by atoms with E-state index in [9.17, 15) is 9.59 Å². The number of hydrogen-bond donors (Lipinski definition) is 3. The molecule has 1 aliphatic rings. The number of nitrogens with zero attached hydrogens (tertiary/aromatic N) is 1. The van der Waals surface area contributed by atoms with E-state index in [0.717, 1.165) is 19.6 Å². The molecule has 2 atom stereocenters. The lowest BCUT2D eigenvalue weighted by Gasteiger charge is -2.24. The van der Waals surface area contributed by atoms with Crippen molar-refractivity contribution in [3.8, 4) is 0 Å². The molecule has 1 saturated heterocycles. The summed E-state index contributed by atoms with van der Waals surface area (Å²) in [5.41, 5.74) is 0. The van der Waals surface area contributed by atoms with Crippen molar-refractivity contribution in [2.24, 2.45) is 0 Å². The van der Waals surface area contributed by atoms with Gasteiger partial charge in [0.2, 0.25) is 5.91 Å². The minimum absolute atomic E-state index is 0.257. The van der Waals surface area contributed by atoms with Crippen molar-refractivity contribution in [2.45, 2.75) is 38.8 Å². The zero-order chi connectivity index (χ0) is 13.5. The number of rotatable bonds is 7. The second kappa shape index (κ2) is 7.33. The van der Waals surface area contributed by atoms with Crippen LogP contribution in [0.25, 0.3) is 0 Å². The van der Waals surface area contributed by atoms with Crippen LogP contribution >= 0.6 is 0 Å². The Balaban J connectivity index is 2.25. The number of hydrogen-bond acceptors (Lipinski definition) is 4. The maximum Gasteiger partial charge on any atom is 0.327 e. The second-order valence-corrected chi connectivity index (χ2v) is 4.84. The topological polar surface area (TPSA) is 81.7 Å². The van der Waals surface area contributed by atoms with E-state index < -0.39 is 12.0 Å². The van der Waals surface area contributed by atoms with Gasteiger partial charge in [0.25, 0.3) is 0 Å². The molecule has 0 aromatic rings. The number of aliphatic carboxylic acids is 1. The van der Waals surface area contributed by atoms with Gasteiger partial charge in [-0.2, -0.15) is 0 Å². The summed E-state index contributed by atoms with van der Waals surface area (Å²) in [4.78, 5) is 24.1. The second-order valence-electron chi connectivity index (χ2n) is 4.84. The van der Waals surface area contributed by atoms with Gasteiger partial charge in [0.1, 0.15) is 6.04 Å². The quantitative estimate of drug-likeness (QED) is 0.581. The van der Waals surface area contributed by atoms with Crippen molar-refractivity contribution in [3.05, 3.63) is 0 Å². The highest BCUT2D eigenvalue weighted by molar-refractivity contribution is 5.82. The summed E-state index contributed by atoms with van der Waals surface area (Å²) in [6, 6.07) is -0.451. The van der Waals surface area contributed by atoms with Crippen LogP contribution in [0.4, 0.5) is 0 Å². The first-order valence-electron chi connectivity index (χ1n) is 6.45. The molecule has 104 valence electrons. The Hall–Kier alpha value is -1.14. The lowest BCUT2D eigenvalue weighted by molar-refractivity contribution is -0.141. The summed E-state index contributed by atoms with van der Waals surface area (Å²) in [6.07, 6.45) is 2.49. The van der Waals surface area contributed by atoms with Crippen LogP contribution in [0.1, 0.15) is 26.7 Å². The molecule has 2 unspecified atom stereocenters. The van der Waals surface area contributed by atoms with Crippen LogP contribution in [0.3, 0.4) is 0 Å². The molecule has 0 saturated carbocycles. The summed E-state index contributed by atoms with van der Waals surface area (Å²) < 4.78 is 0. The summed E-state index contributed by atoms with van der Waals surface area (Å²) in [6.45, 7) is 6.69. The molecule has 6 heteroatoms. The summed E-state index contributed by atoms with van der Waals surface area (Å²) in [5, 5.41) is 14.5. The van der Waals surface area contributed by atoms with Crippen LogP contribution in [0.15, 0.2) is 0 Å². The van der Waals surface area contributed by atoms with E-state index in [1.165, 1.54) is 19.8 Å². The van der Waals surface area contributed by atoms with Crippen molar-refractivity contribution in [1.29, 1.82) is 0 Å². The number of nitrogens with one attached hydrogen (secondary N) is 2. The van der Waals surface area contributed by atoms with Gasteiger partial charge in [-0.3, -0.25) is 9.69 Å². The number of carboxylic acids is 1. The molecular formula is C12H23N3O3. The molecule has 0 spiro atoms. The fourth-order valence-corrected chi connectivity index (χ4v) is 2.19. The van der Waals surface area contributed by atoms with Crippen LogP contribution in [-0.4, -0.2) is 60.1 Å². The van der Waals surface area contributed by atoms with Crippen LogP contribution in [-0.2, 0) is 9.59 Å². The first-order valence-corrected chi connectivity index (χ1v) is 6.45. The summed E-state index contributed by atoms with van der Waals surface area (Å²) in [7, 11) is 0. The van der Waals surface area contributed by atoms with Gasteiger partial charge in [-0.1, -0.05) is 0 Å². The molecule has 0 aliphatic carbocycles. The highest BCUT2D eigenvalue weighted by Gasteiger charge is 2.20. The molecule has 1 aliphatic heterocycles. The molecule has 6 nitrogen and oxygen atoms in total. The third-order valence-corrected chi connectivity index (χ3v) is 3.23. The minimum Gasteiger partial charge on any atom is -0.480 e. The molecule has 0 bridgehead atoms. The van der Waals surface area contributed by atoms with Crippen LogP contribution < -0.4 is 10.6 Å². The molecule has 1 amide bonds. The van der Waals surface area contributed by atoms with Crippen molar-refractivity contribution < 1.29 is 14.7 Å². The fraction of sp³-hybridized carbons (Fsp3) is 0.833. The largest absolute Gasteiger partial charge is 0.480 e. The fourth-order valence-electron chi connectivity index (χ4n) is 2.19. The average Bonchev–Trinajstić information content (AvgIpc) is 2.80. The highest BCUT2D eigenvalue weighted by Crippen LogP contribution is 2.10. The smallest absolute Gasteiger partial charge is 0.327 e. The molecule has 0 aromatic carbocycles. The van der Waals surface area contributed by atoms with Crippen LogP contribution in [0.2, 0.25) is 0 Å². The van der Waals surface area contributed by atoms with Gasteiger partial charge >= 0.3 is 5.97 Å². The zero-order valence-electron chi connectivity index (χ0n) is 11.1. The molecule has 1 heterocycles. The SMILES string of the molecule is CC(=O)NC(CNCC(C)N1CCCC1)C(=O)O. The highest BCUT2D eigenvalue weighted by atomic mass is 16.4. The molecule has 18 heavy (non-hydrogen) atoms. The predicted octanol–water partition coefficient (Wildman–Crippen LogP) is -0.350. The van der Waals surface area contributed by atoms with Gasteiger partial charge in [0.15, 0.2) is 0 Å². The Labute approximate surface area is 108 Å². The van der Waals surface area contributed by atoms with E-state index in [0.29, 0.717) is 6.04 Å². The standard InChI is InChI=1S/C12H23N3O3/c1-9(15-5-3-4-6-15)7-13-8-11(12(17)18)14-10(2)16/h9,11,13H,3-8H2,1-2H3,(H,14,16)(H,17,18). The van der Waals surface area contributed by atoms with E-state index in [2.05, 4.69) is 22.5 Å². The number of amides is 1. The van der Waals surface area contributed by atoms with Gasteiger partial charge < -0.3 is 15.7 Å². The van der Waals surface area contributed by atoms with Gasteiger partial charge in [-0.15, -0.1) is 0 Å². The van der Waals surface area contributed by atoms with Gasteiger partial charge in [-0.05, 0) is 32.9 Å². The third-order valence-electron chi connectivity index (χ3n) is 3.23. The van der Waals surface area contributed by atoms with Crippen molar-refractivity contribution in [2.75, 3.05) is 26.2 Å². The molecule has 0 radical (unpaired) electrons. The molecule has 0 aromatic heterocycles. The normalized spacial score (nSPS) is 19.4. The Morgan fingerprint density at radius 2 is 1.89 bits per heavy atom. The predicted molar refractivity (Wildman–Crippen MR) is 68.4 cm³/mol. The number of carbonyl (C=O) groups excluding carboxylic acids is 1. The Kier molecular flexibility index (Phi) is 6.07. The number of carboxylic acid groups (broad SMARTS) is 1. The van der Waals surface area contributed by atoms with Crippen molar-refractivity contribution >= 4 is 11.9 Å². The molecule has 3 N–H and O–H groups in total. The number of carbonyl (C=O) groups is 2. The maximum absolute atomic E-state index is 10.9. The number of likely N-dealkylation sites (tertiary alicyclic amines) is 1. The van der Waals surface area contributed by atoms with Gasteiger partial charge in [0, 0.05) is 26.1 Å². The molecule has 1 rings (SSSR count). The van der Waals surface area contributed by atoms with E-state index in [4.69, 9.17) is 5.11 Å². The van der Waals surface area contributed by atoms with Crippen molar-refractivity contribution in [3.63, 3.8) is 0 Å². The lowest BCUT2D eigenvalue weighted by atomic mass is 10.2. The van der Waals surface area contributed by atoms with Crippen LogP contribution in [0, 0.1) is 0 Å². The van der Waals surface area contributed by atoms with E-state index in [-0.39, 0.29) is 12.5 Å². The maximum atomic E-state index is 10.9. The molecule has 1 fully saturated rings. The first kappa shape index (κ1) is 14.9. The van der Waals surface area contributed by atoms with E-state index in [1.807, 2.05) is 0 Å². The first-order chi connectivity index (χ1) is 8.50. The Morgan fingerprint density at radius 1 is 1.28 bits per heavy atom. The average molecular weight is 257 g/mol. The Bertz CT molecular complexity index is 290. The lowest BCUT2D eigenvalue weighted by Crippen LogP contribution is -2.48. The zero-order valence-corrected chi connectivity index (χ0v) is 11.1. The van der Waals surface area contributed by atoms with Gasteiger partial charge in [-0.25, -0.2) is 4.79 Å².